The molecule has 0 radical (unpaired) electrons. The predicted octanol–water partition coefficient (Wildman–Crippen LogP) is 4.48. The van der Waals surface area contributed by atoms with E-state index in [1.807, 2.05) is 6.07 Å². The number of nitrogens with zero attached hydrogens (tertiary/aromatic N) is 1. The predicted molar refractivity (Wildman–Crippen MR) is 102 cm³/mol. The van der Waals surface area contributed by atoms with Crippen molar-refractivity contribution in [2.24, 2.45) is 0 Å². The van der Waals surface area contributed by atoms with Crippen molar-refractivity contribution in [2.45, 2.75) is 6.42 Å². The van der Waals surface area contributed by atoms with Gasteiger partial charge >= 0.3 is 11.9 Å². The molecule has 0 aliphatic carbocycles. The maximum atomic E-state index is 14.5. The van der Waals surface area contributed by atoms with Gasteiger partial charge in [-0.2, -0.15) is 0 Å². The molecule has 0 aliphatic rings. The van der Waals surface area contributed by atoms with E-state index >= 15 is 0 Å². The van der Waals surface area contributed by atoms with Crippen molar-refractivity contribution in [2.75, 3.05) is 0 Å². The molecule has 144 valence electrons. The van der Waals surface area contributed by atoms with Gasteiger partial charge in [0.15, 0.2) is 5.58 Å². The Bertz CT molecular complexity index is 1180. The fourth-order valence-corrected chi connectivity index (χ4v) is 2.82. The Hall–Kier alpha value is -4.00. The molecule has 1 aromatic heterocycles. The molecule has 0 fully saturated rings. The van der Waals surface area contributed by atoms with Crippen LogP contribution in [0.1, 0.15) is 15.9 Å². The average molecular weight is 391 g/mol. The molecule has 1 N–H and O–H groups in total. The van der Waals surface area contributed by atoms with Crippen LogP contribution in [0, 0.1) is 5.82 Å². The number of halogens is 1. The van der Waals surface area contributed by atoms with Gasteiger partial charge in [0.2, 0.25) is 5.89 Å². The molecule has 4 rings (SSSR count). The number of aromatic nitrogens is 1. The molecule has 0 aliphatic heterocycles. The van der Waals surface area contributed by atoms with Crippen LogP contribution in [0.4, 0.5) is 4.39 Å². The summed E-state index contributed by atoms with van der Waals surface area (Å²) in [6, 6.07) is 17.0. The monoisotopic (exact) mass is 391 g/mol. The number of carboxylic acids is 1. The molecular weight excluding hydrogens is 377 g/mol. The lowest BCUT2D eigenvalue weighted by Crippen LogP contribution is -2.11. The number of benzene rings is 3. The highest BCUT2D eigenvalue weighted by Gasteiger charge is 2.15. The van der Waals surface area contributed by atoms with Crippen LogP contribution >= 0.6 is 0 Å². The largest absolute Gasteiger partial charge is 0.478 e. The first-order valence-electron chi connectivity index (χ1n) is 8.68. The highest BCUT2D eigenvalue weighted by molar-refractivity contribution is 5.87. The zero-order chi connectivity index (χ0) is 20.4. The summed E-state index contributed by atoms with van der Waals surface area (Å²) in [4.78, 5) is 27.2. The lowest BCUT2D eigenvalue weighted by molar-refractivity contribution is -0.133. The van der Waals surface area contributed by atoms with Gasteiger partial charge in [-0.1, -0.05) is 24.3 Å². The number of carboxylic acid groups (broad SMARTS) is 1. The fraction of sp³-hybridized carbons (Fsp3) is 0.0455. The molecule has 1 heterocycles. The molecule has 4 aromatic rings. The summed E-state index contributed by atoms with van der Waals surface area (Å²) in [5.74, 6) is -2.09. The fourth-order valence-electron chi connectivity index (χ4n) is 2.82. The van der Waals surface area contributed by atoms with Crippen molar-refractivity contribution in [1.29, 1.82) is 0 Å². The number of rotatable bonds is 5. The third-order valence-corrected chi connectivity index (χ3v) is 4.25. The van der Waals surface area contributed by atoms with Gasteiger partial charge in [-0.15, -0.1) is 0 Å². The smallest absolute Gasteiger partial charge is 0.335 e. The normalized spacial score (nSPS) is 10.8. The lowest BCUT2D eigenvalue weighted by Gasteiger charge is -2.06. The van der Waals surface area contributed by atoms with Crippen LogP contribution in [0.25, 0.3) is 22.6 Å². The third-order valence-electron chi connectivity index (χ3n) is 4.25. The molecule has 0 bridgehead atoms. The van der Waals surface area contributed by atoms with Crippen LogP contribution in [-0.2, 0) is 11.2 Å². The lowest BCUT2D eigenvalue weighted by atomic mass is 10.1. The highest BCUT2D eigenvalue weighted by atomic mass is 19.1. The second kappa shape index (κ2) is 7.55. The highest BCUT2D eigenvalue weighted by Crippen LogP contribution is 2.28. The van der Waals surface area contributed by atoms with E-state index in [1.165, 1.54) is 36.4 Å². The number of esters is 1. The second-order valence-corrected chi connectivity index (χ2v) is 6.28. The van der Waals surface area contributed by atoms with E-state index < -0.39 is 17.8 Å². The van der Waals surface area contributed by atoms with Gasteiger partial charge in [0.1, 0.15) is 17.1 Å². The first kappa shape index (κ1) is 18.4. The maximum Gasteiger partial charge on any atom is 0.335 e. The number of para-hydroxylation sites is 2. The van der Waals surface area contributed by atoms with E-state index in [1.54, 1.807) is 18.2 Å². The number of aromatic carboxylic acids is 1. The number of carbonyl (C=O) groups is 2. The van der Waals surface area contributed by atoms with Crippen molar-refractivity contribution >= 4 is 23.0 Å². The Morgan fingerprint density at radius 1 is 1.03 bits per heavy atom. The molecule has 29 heavy (non-hydrogen) atoms. The topological polar surface area (TPSA) is 89.6 Å². The first-order valence-corrected chi connectivity index (χ1v) is 8.68. The molecule has 3 aromatic carbocycles. The van der Waals surface area contributed by atoms with Crippen LogP contribution < -0.4 is 4.74 Å². The van der Waals surface area contributed by atoms with Crippen LogP contribution in [0.2, 0.25) is 0 Å². The maximum absolute atomic E-state index is 14.5. The van der Waals surface area contributed by atoms with Crippen molar-refractivity contribution in [3.8, 4) is 17.2 Å². The molecule has 0 spiro atoms. The summed E-state index contributed by atoms with van der Waals surface area (Å²) in [6.45, 7) is 0. The SMILES string of the molecule is O=C(Cc1ccc(C(=O)O)cc1)Oc1ccc(-c2nc3ccccc3o2)c(F)c1. The Morgan fingerprint density at radius 3 is 2.48 bits per heavy atom. The molecule has 0 amide bonds. The third kappa shape index (κ3) is 3.98. The average Bonchev–Trinajstić information content (AvgIpc) is 3.12. The molecule has 0 unspecified atom stereocenters. The number of carbonyl (C=O) groups excluding carboxylic acids is 1. The molecule has 0 atom stereocenters. The summed E-state index contributed by atoms with van der Waals surface area (Å²) >= 11 is 0. The van der Waals surface area contributed by atoms with Crippen molar-refractivity contribution in [3.63, 3.8) is 0 Å². The van der Waals surface area contributed by atoms with Crippen LogP contribution in [0.5, 0.6) is 5.75 Å². The van der Waals surface area contributed by atoms with Gasteiger partial charge in [0, 0.05) is 6.07 Å². The van der Waals surface area contributed by atoms with Crippen molar-refractivity contribution in [1.82, 2.24) is 4.98 Å². The number of hydrogen-bond acceptors (Lipinski definition) is 5. The minimum atomic E-state index is -1.05. The summed E-state index contributed by atoms with van der Waals surface area (Å²) < 4.78 is 25.3. The van der Waals surface area contributed by atoms with Crippen LogP contribution in [0.3, 0.4) is 0 Å². The van der Waals surface area contributed by atoms with Crippen LogP contribution in [0.15, 0.2) is 71.1 Å². The Balaban J connectivity index is 1.47. The summed E-state index contributed by atoms with van der Waals surface area (Å²) in [6.07, 6.45) is -0.0750. The summed E-state index contributed by atoms with van der Waals surface area (Å²) in [5, 5.41) is 8.89. The van der Waals surface area contributed by atoms with E-state index in [0.717, 1.165) is 6.07 Å². The minimum Gasteiger partial charge on any atom is -0.478 e. The molecule has 0 saturated heterocycles. The summed E-state index contributed by atoms with van der Waals surface area (Å²) in [5.41, 5.74) is 2.03. The minimum absolute atomic E-state index is 0.0505. The molecule has 0 saturated carbocycles. The zero-order valence-corrected chi connectivity index (χ0v) is 15.0. The van der Waals surface area contributed by atoms with Gasteiger partial charge in [-0.3, -0.25) is 4.79 Å². The van der Waals surface area contributed by atoms with Gasteiger partial charge in [-0.25, -0.2) is 14.2 Å². The molecule has 6 nitrogen and oxygen atoms in total. The number of hydrogen-bond donors (Lipinski definition) is 1. The van der Waals surface area contributed by atoms with E-state index in [9.17, 15) is 14.0 Å². The molecular formula is C22H14FNO5. The van der Waals surface area contributed by atoms with Gasteiger partial charge < -0.3 is 14.3 Å². The zero-order valence-electron chi connectivity index (χ0n) is 15.0. The van der Waals surface area contributed by atoms with Crippen LogP contribution in [-0.4, -0.2) is 22.0 Å². The van der Waals surface area contributed by atoms with E-state index in [4.69, 9.17) is 14.3 Å². The van der Waals surface area contributed by atoms with Gasteiger partial charge in [-0.05, 0) is 42.0 Å². The number of fused-ring (bicyclic) bond motifs is 1. The Morgan fingerprint density at radius 2 is 1.79 bits per heavy atom. The quantitative estimate of drug-likeness (QED) is 0.399. The van der Waals surface area contributed by atoms with Crippen molar-refractivity contribution in [3.05, 3.63) is 83.7 Å². The standard InChI is InChI=1S/C22H14FNO5/c23-17-12-15(28-20(25)11-13-5-7-14(8-6-13)22(26)27)9-10-16(17)21-24-18-3-1-2-4-19(18)29-21/h1-10,12H,11H2,(H,26,27). The Kier molecular flexibility index (Phi) is 4.78. The van der Waals surface area contributed by atoms with Gasteiger partial charge in [0.25, 0.3) is 0 Å². The van der Waals surface area contributed by atoms with E-state index in [0.29, 0.717) is 16.7 Å². The number of oxazole rings is 1. The second-order valence-electron chi connectivity index (χ2n) is 6.28. The summed E-state index contributed by atoms with van der Waals surface area (Å²) in [7, 11) is 0. The van der Waals surface area contributed by atoms with E-state index in [-0.39, 0.29) is 29.2 Å². The number of ether oxygens (including phenoxy) is 1. The van der Waals surface area contributed by atoms with E-state index in [2.05, 4.69) is 4.98 Å². The molecule has 7 heteroatoms. The van der Waals surface area contributed by atoms with Crippen molar-refractivity contribution < 1.29 is 28.2 Å². The van der Waals surface area contributed by atoms with Gasteiger partial charge in [0.05, 0.1) is 17.5 Å². The first-order chi connectivity index (χ1) is 14.0. The Labute approximate surface area is 164 Å².